The Morgan fingerprint density at radius 2 is 2.06 bits per heavy atom. The topological polar surface area (TPSA) is 56.3 Å². The first-order valence-electron chi connectivity index (χ1n) is 5.25. The SMILES string of the molecule is CNc1ncc(F)c(Oc2cccc(OC)c2)n1. The van der Waals surface area contributed by atoms with Crippen LogP contribution in [0, 0.1) is 5.82 Å². The molecule has 1 N–H and O–H groups in total. The molecule has 0 fully saturated rings. The van der Waals surface area contributed by atoms with E-state index in [0.717, 1.165) is 6.20 Å². The predicted molar refractivity (Wildman–Crippen MR) is 64.6 cm³/mol. The molecule has 0 aliphatic rings. The smallest absolute Gasteiger partial charge is 0.260 e. The molecule has 0 saturated heterocycles. The van der Waals surface area contributed by atoms with E-state index >= 15 is 0 Å². The summed E-state index contributed by atoms with van der Waals surface area (Å²) >= 11 is 0. The second-order valence-corrected chi connectivity index (χ2v) is 3.38. The summed E-state index contributed by atoms with van der Waals surface area (Å²) in [5.74, 6) is 0.582. The molecular formula is C12H12FN3O2. The van der Waals surface area contributed by atoms with Gasteiger partial charge in [-0.2, -0.15) is 9.37 Å². The van der Waals surface area contributed by atoms with Gasteiger partial charge >= 0.3 is 0 Å². The number of methoxy groups -OCH3 is 1. The summed E-state index contributed by atoms with van der Waals surface area (Å²) in [6.07, 6.45) is 1.05. The number of hydrogen-bond donors (Lipinski definition) is 1. The molecule has 6 heteroatoms. The summed E-state index contributed by atoms with van der Waals surface area (Å²) in [5.41, 5.74) is 0. The molecule has 18 heavy (non-hydrogen) atoms. The average Bonchev–Trinajstić information content (AvgIpc) is 2.41. The average molecular weight is 249 g/mol. The molecule has 0 spiro atoms. The number of nitrogens with zero attached hydrogens (tertiary/aromatic N) is 2. The molecule has 2 aromatic rings. The van der Waals surface area contributed by atoms with Crippen molar-refractivity contribution in [2.75, 3.05) is 19.5 Å². The number of nitrogens with one attached hydrogen (secondary N) is 1. The highest BCUT2D eigenvalue weighted by atomic mass is 19.1. The minimum Gasteiger partial charge on any atom is -0.497 e. The lowest BCUT2D eigenvalue weighted by Crippen LogP contribution is -2.00. The number of benzene rings is 1. The van der Waals surface area contributed by atoms with Crippen molar-refractivity contribution in [2.45, 2.75) is 0 Å². The van der Waals surface area contributed by atoms with Crippen molar-refractivity contribution in [1.82, 2.24) is 9.97 Å². The standard InChI is InChI=1S/C12H12FN3O2/c1-14-12-15-7-10(13)11(16-12)18-9-5-3-4-8(6-9)17-2/h3-7H,1-2H3,(H,14,15,16). The molecule has 0 aliphatic carbocycles. The van der Waals surface area contributed by atoms with E-state index in [2.05, 4.69) is 15.3 Å². The number of ether oxygens (including phenoxy) is 2. The summed E-state index contributed by atoms with van der Waals surface area (Å²) in [4.78, 5) is 7.61. The van der Waals surface area contributed by atoms with Crippen molar-refractivity contribution in [3.8, 4) is 17.4 Å². The van der Waals surface area contributed by atoms with Gasteiger partial charge in [0.1, 0.15) is 11.5 Å². The van der Waals surface area contributed by atoms with Gasteiger partial charge in [0.15, 0.2) is 0 Å². The predicted octanol–water partition coefficient (Wildman–Crippen LogP) is 2.46. The molecule has 0 aliphatic heterocycles. The monoisotopic (exact) mass is 249 g/mol. The van der Waals surface area contributed by atoms with Gasteiger partial charge in [0.2, 0.25) is 11.8 Å². The van der Waals surface area contributed by atoms with Crippen LogP contribution in [0.2, 0.25) is 0 Å². The zero-order valence-electron chi connectivity index (χ0n) is 9.98. The first-order valence-corrected chi connectivity index (χ1v) is 5.25. The Kier molecular flexibility index (Phi) is 3.57. The van der Waals surface area contributed by atoms with Crippen molar-refractivity contribution in [3.63, 3.8) is 0 Å². The Balaban J connectivity index is 2.27. The fourth-order valence-corrected chi connectivity index (χ4v) is 1.32. The molecule has 1 aromatic heterocycles. The van der Waals surface area contributed by atoms with Gasteiger partial charge in [0.05, 0.1) is 13.3 Å². The van der Waals surface area contributed by atoms with Gasteiger partial charge in [-0.05, 0) is 12.1 Å². The summed E-state index contributed by atoms with van der Waals surface area (Å²) in [6, 6.07) is 6.83. The largest absolute Gasteiger partial charge is 0.497 e. The van der Waals surface area contributed by atoms with Gasteiger partial charge in [0.25, 0.3) is 5.88 Å². The molecule has 0 unspecified atom stereocenters. The summed E-state index contributed by atoms with van der Waals surface area (Å²) < 4.78 is 23.9. The third-order valence-electron chi connectivity index (χ3n) is 2.19. The second-order valence-electron chi connectivity index (χ2n) is 3.38. The molecule has 1 aromatic carbocycles. The number of aromatic nitrogens is 2. The minimum atomic E-state index is -0.628. The van der Waals surface area contributed by atoms with Gasteiger partial charge in [-0.15, -0.1) is 0 Å². The van der Waals surface area contributed by atoms with E-state index in [1.165, 1.54) is 0 Å². The van der Waals surface area contributed by atoms with Gasteiger partial charge in [-0.3, -0.25) is 0 Å². The lowest BCUT2D eigenvalue weighted by Gasteiger charge is -2.08. The van der Waals surface area contributed by atoms with Gasteiger partial charge in [0, 0.05) is 13.1 Å². The Morgan fingerprint density at radius 3 is 2.78 bits per heavy atom. The summed E-state index contributed by atoms with van der Waals surface area (Å²) in [6.45, 7) is 0. The Bertz CT molecular complexity index is 549. The highest BCUT2D eigenvalue weighted by molar-refractivity contribution is 5.36. The van der Waals surface area contributed by atoms with Crippen LogP contribution in [0.3, 0.4) is 0 Å². The van der Waals surface area contributed by atoms with E-state index < -0.39 is 5.82 Å². The Labute approximate surface area is 104 Å². The second kappa shape index (κ2) is 5.31. The first-order chi connectivity index (χ1) is 8.72. The molecule has 0 bridgehead atoms. The van der Waals surface area contributed by atoms with E-state index in [4.69, 9.17) is 9.47 Å². The van der Waals surface area contributed by atoms with Crippen molar-refractivity contribution < 1.29 is 13.9 Å². The molecule has 94 valence electrons. The molecule has 2 rings (SSSR count). The van der Waals surface area contributed by atoms with Gasteiger partial charge in [-0.1, -0.05) is 6.07 Å². The first kappa shape index (κ1) is 12.1. The van der Waals surface area contributed by atoms with Crippen LogP contribution in [0.25, 0.3) is 0 Å². The molecule has 1 heterocycles. The molecule has 0 radical (unpaired) electrons. The maximum Gasteiger partial charge on any atom is 0.260 e. The van der Waals surface area contributed by atoms with Crippen LogP contribution in [-0.2, 0) is 0 Å². The molecule has 0 saturated carbocycles. The van der Waals surface area contributed by atoms with Crippen LogP contribution < -0.4 is 14.8 Å². The van der Waals surface area contributed by atoms with Crippen molar-refractivity contribution in [3.05, 3.63) is 36.3 Å². The zero-order valence-corrected chi connectivity index (χ0v) is 9.98. The van der Waals surface area contributed by atoms with E-state index in [1.54, 1.807) is 38.4 Å². The quantitative estimate of drug-likeness (QED) is 0.902. The zero-order chi connectivity index (χ0) is 13.0. The lowest BCUT2D eigenvalue weighted by atomic mass is 10.3. The third-order valence-corrected chi connectivity index (χ3v) is 2.19. The minimum absolute atomic E-state index is 0.136. The number of rotatable bonds is 4. The van der Waals surface area contributed by atoms with E-state index in [1.807, 2.05) is 0 Å². The van der Waals surface area contributed by atoms with Gasteiger partial charge in [-0.25, -0.2) is 4.98 Å². The van der Waals surface area contributed by atoms with Crippen molar-refractivity contribution in [2.24, 2.45) is 0 Å². The molecular weight excluding hydrogens is 237 g/mol. The fraction of sp³-hybridized carbons (Fsp3) is 0.167. The molecule has 0 atom stereocenters. The van der Waals surface area contributed by atoms with Crippen LogP contribution in [0.15, 0.2) is 30.5 Å². The fourth-order valence-electron chi connectivity index (χ4n) is 1.32. The van der Waals surface area contributed by atoms with E-state index in [9.17, 15) is 4.39 Å². The Hall–Kier alpha value is -2.37. The Morgan fingerprint density at radius 1 is 1.28 bits per heavy atom. The van der Waals surface area contributed by atoms with Crippen LogP contribution in [0.5, 0.6) is 17.4 Å². The molecule has 5 nitrogen and oxygen atoms in total. The molecule has 0 amide bonds. The van der Waals surface area contributed by atoms with Crippen LogP contribution in [0.1, 0.15) is 0 Å². The maximum absolute atomic E-state index is 13.5. The highest BCUT2D eigenvalue weighted by Gasteiger charge is 2.09. The van der Waals surface area contributed by atoms with E-state index in [0.29, 0.717) is 11.5 Å². The van der Waals surface area contributed by atoms with Crippen LogP contribution in [0.4, 0.5) is 10.3 Å². The summed E-state index contributed by atoms with van der Waals surface area (Å²) in [5, 5.41) is 2.71. The normalized spacial score (nSPS) is 9.94. The lowest BCUT2D eigenvalue weighted by molar-refractivity contribution is 0.399. The van der Waals surface area contributed by atoms with Crippen molar-refractivity contribution >= 4 is 5.95 Å². The maximum atomic E-state index is 13.5. The van der Waals surface area contributed by atoms with Crippen molar-refractivity contribution in [1.29, 1.82) is 0 Å². The summed E-state index contributed by atoms with van der Waals surface area (Å²) in [7, 11) is 3.19. The van der Waals surface area contributed by atoms with E-state index in [-0.39, 0.29) is 11.8 Å². The third kappa shape index (κ3) is 2.65. The number of anilines is 1. The number of hydrogen-bond acceptors (Lipinski definition) is 5. The number of halogens is 1. The van der Waals surface area contributed by atoms with Gasteiger partial charge < -0.3 is 14.8 Å². The van der Waals surface area contributed by atoms with Crippen LogP contribution in [-0.4, -0.2) is 24.1 Å². The van der Waals surface area contributed by atoms with Crippen LogP contribution >= 0.6 is 0 Å². The highest BCUT2D eigenvalue weighted by Crippen LogP contribution is 2.25.